The van der Waals surface area contributed by atoms with Gasteiger partial charge in [-0.1, -0.05) is 53.6 Å². The van der Waals surface area contributed by atoms with Gasteiger partial charge in [-0.25, -0.2) is 4.98 Å². The van der Waals surface area contributed by atoms with Crippen LogP contribution in [0.3, 0.4) is 0 Å². The fourth-order valence-corrected chi connectivity index (χ4v) is 2.53. The molecule has 0 aliphatic rings. The van der Waals surface area contributed by atoms with Crippen LogP contribution in [0.4, 0.5) is 0 Å². The van der Waals surface area contributed by atoms with E-state index in [0.29, 0.717) is 23.9 Å². The number of halogens is 1. The van der Waals surface area contributed by atoms with Crippen LogP contribution in [0.15, 0.2) is 60.9 Å². The molecule has 0 unspecified atom stereocenters. The summed E-state index contributed by atoms with van der Waals surface area (Å²) >= 11 is 5.90. The molecule has 0 aliphatic carbocycles. The van der Waals surface area contributed by atoms with Crippen molar-refractivity contribution in [2.24, 2.45) is 0 Å². The molecule has 122 valence electrons. The molecule has 0 aliphatic heterocycles. The Kier molecular flexibility index (Phi) is 4.96. The number of aromatic nitrogens is 2. The lowest BCUT2D eigenvalue weighted by Gasteiger charge is -2.09. The highest BCUT2D eigenvalue weighted by Gasteiger charge is 2.12. The SMILES string of the molecule is Cc1ccc(CNC(=O)c2nccn2Cc2ccc(Cl)cc2)cc1. The lowest BCUT2D eigenvalue weighted by Crippen LogP contribution is -2.26. The van der Waals surface area contributed by atoms with Crippen molar-refractivity contribution in [3.05, 3.63) is 88.5 Å². The molecule has 0 bridgehead atoms. The Morgan fingerprint density at radius 3 is 2.46 bits per heavy atom. The largest absolute Gasteiger partial charge is 0.345 e. The Morgan fingerprint density at radius 2 is 1.75 bits per heavy atom. The molecule has 0 saturated heterocycles. The molecule has 3 aromatic rings. The summed E-state index contributed by atoms with van der Waals surface area (Å²) in [6.07, 6.45) is 3.44. The van der Waals surface area contributed by atoms with Crippen LogP contribution in [0, 0.1) is 6.92 Å². The van der Waals surface area contributed by atoms with Gasteiger partial charge in [0.25, 0.3) is 5.91 Å². The van der Waals surface area contributed by atoms with Gasteiger partial charge < -0.3 is 9.88 Å². The fraction of sp³-hybridized carbons (Fsp3) is 0.158. The predicted octanol–water partition coefficient (Wildman–Crippen LogP) is 3.82. The van der Waals surface area contributed by atoms with Crippen molar-refractivity contribution in [2.75, 3.05) is 0 Å². The lowest BCUT2D eigenvalue weighted by atomic mass is 10.1. The van der Waals surface area contributed by atoms with Gasteiger partial charge >= 0.3 is 0 Å². The number of amides is 1. The predicted molar refractivity (Wildman–Crippen MR) is 95.1 cm³/mol. The van der Waals surface area contributed by atoms with Crippen molar-refractivity contribution in [3.8, 4) is 0 Å². The van der Waals surface area contributed by atoms with Crippen LogP contribution in [0.25, 0.3) is 0 Å². The molecular formula is C19H18ClN3O. The van der Waals surface area contributed by atoms with E-state index in [1.807, 2.05) is 60.0 Å². The fourth-order valence-electron chi connectivity index (χ4n) is 2.40. The van der Waals surface area contributed by atoms with E-state index in [0.717, 1.165) is 11.1 Å². The zero-order valence-electron chi connectivity index (χ0n) is 13.4. The minimum atomic E-state index is -0.186. The highest BCUT2D eigenvalue weighted by Crippen LogP contribution is 2.12. The first-order valence-corrected chi connectivity index (χ1v) is 8.09. The molecule has 0 spiro atoms. The van der Waals surface area contributed by atoms with Gasteiger partial charge in [-0.3, -0.25) is 4.79 Å². The molecule has 1 aromatic heterocycles. The first-order chi connectivity index (χ1) is 11.6. The Labute approximate surface area is 146 Å². The smallest absolute Gasteiger partial charge is 0.287 e. The van der Waals surface area contributed by atoms with Gasteiger partial charge in [0.1, 0.15) is 0 Å². The van der Waals surface area contributed by atoms with Crippen LogP contribution in [-0.4, -0.2) is 15.5 Å². The van der Waals surface area contributed by atoms with Crippen molar-refractivity contribution >= 4 is 17.5 Å². The second-order valence-electron chi connectivity index (χ2n) is 5.67. The molecule has 0 fully saturated rings. The number of hydrogen-bond acceptors (Lipinski definition) is 2. The zero-order valence-corrected chi connectivity index (χ0v) is 14.1. The summed E-state index contributed by atoms with van der Waals surface area (Å²) in [5, 5.41) is 3.61. The van der Waals surface area contributed by atoms with E-state index in [-0.39, 0.29) is 5.91 Å². The van der Waals surface area contributed by atoms with Crippen molar-refractivity contribution in [2.45, 2.75) is 20.0 Å². The number of hydrogen-bond donors (Lipinski definition) is 1. The maximum absolute atomic E-state index is 12.4. The molecule has 2 aromatic carbocycles. The minimum absolute atomic E-state index is 0.186. The van der Waals surface area contributed by atoms with Gasteiger partial charge in [-0.2, -0.15) is 0 Å². The van der Waals surface area contributed by atoms with Crippen LogP contribution in [0.5, 0.6) is 0 Å². The summed E-state index contributed by atoms with van der Waals surface area (Å²) in [5.41, 5.74) is 3.32. The number of carbonyl (C=O) groups is 1. The van der Waals surface area contributed by atoms with E-state index in [2.05, 4.69) is 10.3 Å². The molecule has 24 heavy (non-hydrogen) atoms. The summed E-state index contributed by atoms with van der Waals surface area (Å²) in [4.78, 5) is 16.6. The Bertz CT molecular complexity index is 823. The van der Waals surface area contributed by atoms with Crippen LogP contribution >= 0.6 is 11.6 Å². The monoisotopic (exact) mass is 339 g/mol. The van der Waals surface area contributed by atoms with Gasteiger partial charge in [-0.05, 0) is 30.2 Å². The molecule has 1 heterocycles. The molecule has 4 nitrogen and oxygen atoms in total. The number of nitrogens with zero attached hydrogens (tertiary/aromatic N) is 2. The number of rotatable bonds is 5. The van der Waals surface area contributed by atoms with Crippen molar-refractivity contribution < 1.29 is 4.79 Å². The van der Waals surface area contributed by atoms with Gasteiger partial charge in [-0.15, -0.1) is 0 Å². The average Bonchev–Trinajstić information content (AvgIpc) is 3.04. The third-order valence-electron chi connectivity index (χ3n) is 3.76. The molecule has 0 saturated carbocycles. The van der Waals surface area contributed by atoms with E-state index >= 15 is 0 Å². The zero-order chi connectivity index (χ0) is 16.9. The summed E-state index contributed by atoms with van der Waals surface area (Å²) in [6.45, 7) is 3.09. The normalized spacial score (nSPS) is 10.6. The van der Waals surface area contributed by atoms with Crippen LogP contribution < -0.4 is 5.32 Å². The second-order valence-corrected chi connectivity index (χ2v) is 6.11. The van der Waals surface area contributed by atoms with Crippen LogP contribution in [-0.2, 0) is 13.1 Å². The first-order valence-electron chi connectivity index (χ1n) is 7.71. The number of aryl methyl sites for hydroxylation is 1. The molecule has 0 radical (unpaired) electrons. The highest BCUT2D eigenvalue weighted by molar-refractivity contribution is 6.30. The maximum atomic E-state index is 12.4. The minimum Gasteiger partial charge on any atom is -0.345 e. The van der Waals surface area contributed by atoms with E-state index in [1.165, 1.54) is 5.56 Å². The first kappa shape index (κ1) is 16.3. The Hall–Kier alpha value is -2.59. The third kappa shape index (κ3) is 4.03. The van der Waals surface area contributed by atoms with Crippen molar-refractivity contribution in [3.63, 3.8) is 0 Å². The van der Waals surface area contributed by atoms with Gasteiger partial charge in [0.2, 0.25) is 0 Å². The third-order valence-corrected chi connectivity index (χ3v) is 4.01. The van der Waals surface area contributed by atoms with E-state index in [1.54, 1.807) is 12.4 Å². The summed E-state index contributed by atoms with van der Waals surface area (Å²) in [7, 11) is 0. The quantitative estimate of drug-likeness (QED) is 0.768. The van der Waals surface area contributed by atoms with E-state index < -0.39 is 0 Å². The van der Waals surface area contributed by atoms with E-state index in [9.17, 15) is 4.79 Å². The summed E-state index contributed by atoms with van der Waals surface area (Å²) in [6, 6.07) is 15.6. The Balaban J connectivity index is 1.66. The number of nitrogens with one attached hydrogen (secondary N) is 1. The number of imidazole rings is 1. The molecule has 1 amide bonds. The van der Waals surface area contributed by atoms with Crippen molar-refractivity contribution in [1.82, 2.24) is 14.9 Å². The van der Waals surface area contributed by atoms with Gasteiger partial charge in [0, 0.05) is 30.5 Å². The molecule has 1 N–H and O–H groups in total. The Morgan fingerprint density at radius 1 is 1.08 bits per heavy atom. The van der Waals surface area contributed by atoms with E-state index in [4.69, 9.17) is 11.6 Å². The average molecular weight is 340 g/mol. The highest BCUT2D eigenvalue weighted by atomic mass is 35.5. The number of carbonyl (C=O) groups excluding carboxylic acids is 1. The molecule has 0 atom stereocenters. The molecule has 5 heteroatoms. The van der Waals surface area contributed by atoms with Gasteiger partial charge in [0.15, 0.2) is 5.82 Å². The van der Waals surface area contributed by atoms with Crippen LogP contribution in [0.2, 0.25) is 5.02 Å². The summed E-state index contributed by atoms with van der Waals surface area (Å²) < 4.78 is 1.83. The van der Waals surface area contributed by atoms with Crippen molar-refractivity contribution in [1.29, 1.82) is 0 Å². The summed E-state index contributed by atoms with van der Waals surface area (Å²) in [5.74, 6) is 0.214. The molecule has 3 rings (SSSR count). The number of benzene rings is 2. The topological polar surface area (TPSA) is 46.9 Å². The molecular weight excluding hydrogens is 322 g/mol. The second kappa shape index (κ2) is 7.32. The van der Waals surface area contributed by atoms with Crippen LogP contribution in [0.1, 0.15) is 27.3 Å². The maximum Gasteiger partial charge on any atom is 0.287 e. The lowest BCUT2D eigenvalue weighted by molar-refractivity contribution is 0.0936. The standard InChI is InChI=1S/C19H18ClN3O/c1-14-2-4-15(5-3-14)12-22-19(24)18-21-10-11-23(18)13-16-6-8-17(20)9-7-16/h2-11H,12-13H2,1H3,(H,22,24). The van der Waals surface area contributed by atoms with Gasteiger partial charge in [0.05, 0.1) is 0 Å².